The van der Waals surface area contributed by atoms with Crippen LogP contribution in [-0.4, -0.2) is 18.2 Å². The van der Waals surface area contributed by atoms with Gasteiger partial charge in [-0.3, -0.25) is 4.79 Å². The number of ether oxygens (including phenoxy) is 1. The number of rotatable bonds is 5. The van der Waals surface area contributed by atoms with Crippen LogP contribution in [0.1, 0.15) is 24.2 Å². The van der Waals surface area contributed by atoms with Crippen LogP contribution >= 0.6 is 0 Å². The molecule has 0 aromatic heterocycles. The summed E-state index contributed by atoms with van der Waals surface area (Å²) in [5.74, 6) is 0.470. The van der Waals surface area contributed by atoms with Crippen LogP contribution in [0.2, 0.25) is 0 Å². The minimum atomic E-state index is -0.235. The Hall–Kier alpha value is -2.10. The van der Waals surface area contributed by atoms with Crippen LogP contribution in [0.5, 0.6) is 5.75 Å². The van der Waals surface area contributed by atoms with E-state index in [-0.39, 0.29) is 5.91 Å². The molecule has 4 nitrogen and oxygen atoms in total. The second-order valence-electron chi connectivity index (χ2n) is 3.62. The molecule has 0 saturated heterocycles. The summed E-state index contributed by atoms with van der Waals surface area (Å²) < 4.78 is 5.31. The summed E-state index contributed by atoms with van der Waals surface area (Å²) in [5, 5.41) is 3.85. The molecule has 0 bridgehead atoms. The van der Waals surface area contributed by atoms with Gasteiger partial charge in [-0.15, -0.1) is 0 Å². The molecular weight excluding hydrogens is 216 g/mol. The first-order valence-electron chi connectivity index (χ1n) is 5.28. The van der Waals surface area contributed by atoms with Crippen molar-refractivity contribution in [2.45, 2.75) is 13.8 Å². The van der Waals surface area contributed by atoms with Gasteiger partial charge in [-0.2, -0.15) is 5.10 Å². The van der Waals surface area contributed by atoms with Gasteiger partial charge in [0.25, 0.3) is 5.91 Å². The molecule has 1 aromatic carbocycles. The van der Waals surface area contributed by atoms with E-state index in [1.54, 1.807) is 30.3 Å². The maximum Gasteiger partial charge on any atom is 0.271 e. The number of hydrogen-bond acceptors (Lipinski definition) is 3. The first-order valence-corrected chi connectivity index (χ1v) is 5.28. The number of benzene rings is 1. The summed E-state index contributed by atoms with van der Waals surface area (Å²) in [6.07, 6.45) is 1.67. The van der Waals surface area contributed by atoms with E-state index in [0.717, 1.165) is 5.71 Å². The highest BCUT2D eigenvalue weighted by molar-refractivity contribution is 5.95. The van der Waals surface area contributed by atoms with Gasteiger partial charge in [-0.05, 0) is 38.1 Å². The lowest BCUT2D eigenvalue weighted by Gasteiger charge is -2.04. The predicted octanol–water partition coefficient (Wildman–Crippen LogP) is 2.38. The predicted molar refractivity (Wildman–Crippen MR) is 68.4 cm³/mol. The van der Waals surface area contributed by atoms with Crippen LogP contribution in [0.15, 0.2) is 42.0 Å². The van der Waals surface area contributed by atoms with Crippen LogP contribution in [0.3, 0.4) is 0 Å². The van der Waals surface area contributed by atoms with Crippen molar-refractivity contribution >= 4 is 11.6 Å². The largest absolute Gasteiger partial charge is 0.490 e. The van der Waals surface area contributed by atoms with E-state index in [1.165, 1.54) is 0 Å². The third-order valence-electron chi connectivity index (χ3n) is 1.87. The third-order valence-corrected chi connectivity index (χ3v) is 1.87. The molecule has 0 heterocycles. The van der Waals surface area contributed by atoms with Gasteiger partial charge in [0.05, 0.1) is 0 Å². The molecule has 1 N–H and O–H groups in total. The quantitative estimate of drug-likeness (QED) is 0.481. The Morgan fingerprint density at radius 2 is 2.06 bits per heavy atom. The molecule has 0 radical (unpaired) electrons. The van der Waals surface area contributed by atoms with Gasteiger partial charge in [-0.25, -0.2) is 5.43 Å². The molecule has 0 spiro atoms. The summed E-state index contributed by atoms with van der Waals surface area (Å²) in [6, 6.07) is 6.85. The van der Waals surface area contributed by atoms with Gasteiger partial charge in [0.15, 0.2) is 0 Å². The van der Waals surface area contributed by atoms with Gasteiger partial charge < -0.3 is 4.74 Å². The third kappa shape index (κ3) is 4.51. The zero-order chi connectivity index (χ0) is 12.7. The van der Waals surface area contributed by atoms with Crippen molar-refractivity contribution in [2.75, 3.05) is 6.61 Å². The topological polar surface area (TPSA) is 50.7 Å². The summed E-state index contributed by atoms with van der Waals surface area (Å²) in [5.41, 5.74) is 3.79. The second-order valence-corrected chi connectivity index (χ2v) is 3.62. The van der Waals surface area contributed by atoms with Gasteiger partial charge in [-0.1, -0.05) is 12.7 Å². The smallest absolute Gasteiger partial charge is 0.271 e. The van der Waals surface area contributed by atoms with Crippen molar-refractivity contribution in [1.82, 2.24) is 5.43 Å². The lowest BCUT2D eigenvalue weighted by molar-refractivity contribution is 0.0954. The number of nitrogens with one attached hydrogen (secondary N) is 1. The van der Waals surface area contributed by atoms with E-state index in [4.69, 9.17) is 4.74 Å². The zero-order valence-corrected chi connectivity index (χ0v) is 10.1. The average molecular weight is 232 g/mol. The SMILES string of the molecule is C=CCOc1ccc(C(=O)NN=C(C)C)cc1. The summed E-state index contributed by atoms with van der Waals surface area (Å²) in [4.78, 5) is 11.6. The minimum Gasteiger partial charge on any atom is -0.490 e. The fourth-order valence-electron chi connectivity index (χ4n) is 1.08. The van der Waals surface area contributed by atoms with Gasteiger partial charge in [0.1, 0.15) is 12.4 Å². The van der Waals surface area contributed by atoms with Crippen LogP contribution in [-0.2, 0) is 0 Å². The molecule has 1 amide bonds. The zero-order valence-electron chi connectivity index (χ0n) is 10.1. The van der Waals surface area contributed by atoms with Gasteiger partial charge in [0, 0.05) is 11.3 Å². The molecule has 0 unspecified atom stereocenters. The molecule has 17 heavy (non-hydrogen) atoms. The molecular formula is C13H16N2O2. The van der Waals surface area contributed by atoms with E-state index < -0.39 is 0 Å². The molecule has 0 aliphatic rings. The van der Waals surface area contributed by atoms with Crippen LogP contribution in [0.4, 0.5) is 0 Å². The van der Waals surface area contributed by atoms with Crippen LogP contribution in [0, 0.1) is 0 Å². The van der Waals surface area contributed by atoms with Crippen molar-refractivity contribution in [2.24, 2.45) is 5.10 Å². The monoisotopic (exact) mass is 232 g/mol. The number of carbonyl (C=O) groups is 1. The highest BCUT2D eigenvalue weighted by Crippen LogP contribution is 2.12. The van der Waals surface area contributed by atoms with E-state index in [0.29, 0.717) is 17.9 Å². The van der Waals surface area contributed by atoms with E-state index in [9.17, 15) is 4.79 Å². The Morgan fingerprint density at radius 1 is 1.41 bits per heavy atom. The van der Waals surface area contributed by atoms with Crippen molar-refractivity contribution in [3.63, 3.8) is 0 Å². The first-order chi connectivity index (χ1) is 8.13. The van der Waals surface area contributed by atoms with Crippen LogP contribution < -0.4 is 10.2 Å². The maximum atomic E-state index is 11.6. The maximum absolute atomic E-state index is 11.6. The average Bonchev–Trinajstić information content (AvgIpc) is 2.34. The fraction of sp³-hybridized carbons (Fsp3) is 0.231. The summed E-state index contributed by atoms with van der Waals surface area (Å²) in [7, 11) is 0. The molecule has 0 aliphatic heterocycles. The standard InChI is InChI=1S/C13H16N2O2/c1-4-9-17-12-7-5-11(6-8-12)13(16)15-14-10(2)3/h4-8H,1,9H2,2-3H3,(H,15,16). The highest BCUT2D eigenvalue weighted by Gasteiger charge is 2.03. The molecule has 0 atom stereocenters. The first kappa shape index (κ1) is 13.0. The number of hydrazone groups is 1. The van der Waals surface area contributed by atoms with E-state index >= 15 is 0 Å². The molecule has 1 aromatic rings. The van der Waals surface area contributed by atoms with E-state index in [1.807, 2.05) is 13.8 Å². The molecule has 4 heteroatoms. The van der Waals surface area contributed by atoms with E-state index in [2.05, 4.69) is 17.1 Å². The lowest BCUT2D eigenvalue weighted by atomic mass is 10.2. The Morgan fingerprint density at radius 3 is 2.59 bits per heavy atom. The lowest BCUT2D eigenvalue weighted by Crippen LogP contribution is -2.18. The number of nitrogens with zero attached hydrogens (tertiary/aromatic N) is 1. The van der Waals surface area contributed by atoms with Crippen molar-refractivity contribution in [3.8, 4) is 5.75 Å². The second kappa shape index (κ2) is 6.48. The molecule has 0 aliphatic carbocycles. The van der Waals surface area contributed by atoms with Gasteiger partial charge in [0.2, 0.25) is 0 Å². The number of amides is 1. The minimum absolute atomic E-state index is 0.235. The number of carbonyl (C=O) groups excluding carboxylic acids is 1. The fourth-order valence-corrected chi connectivity index (χ4v) is 1.08. The number of hydrogen-bond donors (Lipinski definition) is 1. The Kier molecular flexibility index (Phi) is 4.94. The normalized spacial score (nSPS) is 9.29. The Balaban J connectivity index is 2.63. The Bertz CT molecular complexity index is 418. The van der Waals surface area contributed by atoms with Gasteiger partial charge >= 0.3 is 0 Å². The molecule has 0 fully saturated rings. The molecule has 90 valence electrons. The van der Waals surface area contributed by atoms with Crippen molar-refractivity contribution in [3.05, 3.63) is 42.5 Å². The molecule has 1 rings (SSSR count). The molecule has 0 saturated carbocycles. The Labute approximate surface area is 101 Å². The van der Waals surface area contributed by atoms with Crippen LogP contribution in [0.25, 0.3) is 0 Å². The summed E-state index contributed by atoms with van der Waals surface area (Å²) >= 11 is 0. The summed E-state index contributed by atoms with van der Waals surface area (Å²) in [6.45, 7) is 7.63. The van der Waals surface area contributed by atoms with Crippen molar-refractivity contribution < 1.29 is 9.53 Å². The highest BCUT2D eigenvalue weighted by atomic mass is 16.5. The van der Waals surface area contributed by atoms with Crippen molar-refractivity contribution in [1.29, 1.82) is 0 Å².